The molecule has 1 heteroatoms. The van der Waals surface area contributed by atoms with Gasteiger partial charge in [0.1, 0.15) is 0 Å². The van der Waals surface area contributed by atoms with Crippen molar-refractivity contribution >= 4 is 0 Å². The largest absolute Gasteiger partial charge is 0.292 e. The highest BCUT2D eigenvalue weighted by atomic mass is 15.2. The average Bonchev–Trinajstić information content (AvgIpc) is 2.64. The standard InChI is InChI=1S/C18H23N.2C2H6/c1-3-7-17-14(4-2)10-11-19-13-16-9-6-5-8-15(16)12-18(17)19;2*1-2/h3-5,7-8,18H,1,6,9-13H2,2H3;2*1-2H3/b14-4-,17-7+;;. The molecule has 23 heavy (non-hydrogen) atoms. The van der Waals surface area contributed by atoms with Crippen molar-refractivity contribution in [2.45, 2.75) is 66.3 Å². The van der Waals surface area contributed by atoms with Crippen LogP contribution in [0.2, 0.25) is 0 Å². The first kappa shape index (κ1) is 19.7. The zero-order valence-corrected chi connectivity index (χ0v) is 15.9. The van der Waals surface area contributed by atoms with Gasteiger partial charge in [0.25, 0.3) is 0 Å². The second-order valence-corrected chi connectivity index (χ2v) is 5.68. The number of fused-ring (bicyclic) bond motifs is 1. The maximum Gasteiger partial charge on any atom is 0.0394 e. The van der Waals surface area contributed by atoms with Crippen molar-refractivity contribution in [1.82, 2.24) is 4.90 Å². The van der Waals surface area contributed by atoms with Gasteiger partial charge in [0, 0.05) is 19.1 Å². The van der Waals surface area contributed by atoms with E-state index < -0.39 is 0 Å². The molecule has 3 aliphatic rings. The summed E-state index contributed by atoms with van der Waals surface area (Å²) >= 11 is 0. The van der Waals surface area contributed by atoms with E-state index in [1.807, 2.05) is 33.8 Å². The molecule has 1 saturated heterocycles. The van der Waals surface area contributed by atoms with Crippen LogP contribution < -0.4 is 0 Å². The molecule has 1 nitrogen and oxygen atoms in total. The Morgan fingerprint density at radius 1 is 1.17 bits per heavy atom. The van der Waals surface area contributed by atoms with E-state index in [-0.39, 0.29) is 0 Å². The van der Waals surface area contributed by atoms with E-state index in [0.29, 0.717) is 6.04 Å². The molecule has 128 valence electrons. The van der Waals surface area contributed by atoms with Crippen LogP contribution in [0.5, 0.6) is 0 Å². The summed E-state index contributed by atoms with van der Waals surface area (Å²) in [5.41, 5.74) is 6.29. The molecular weight excluding hydrogens is 278 g/mol. The summed E-state index contributed by atoms with van der Waals surface area (Å²) in [6, 6.07) is 0.569. The maximum atomic E-state index is 3.89. The fourth-order valence-corrected chi connectivity index (χ4v) is 3.67. The monoisotopic (exact) mass is 313 g/mol. The van der Waals surface area contributed by atoms with Crippen LogP contribution in [-0.4, -0.2) is 24.0 Å². The predicted molar refractivity (Wildman–Crippen MR) is 105 cm³/mol. The summed E-state index contributed by atoms with van der Waals surface area (Å²) in [6.45, 7) is 16.4. The van der Waals surface area contributed by atoms with Gasteiger partial charge in [0.05, 0.1) is 0 Å². The van der Waals surface area contributed by atoms with Gasteiger partial charge in [0.15, 0.2) is 0 Å². The van der Waals surface area contributed by atoms with Crippen LogP contribution in [0.15, 0.2) is 59.3 Å². The molecule has 3 rings (SSSR count). The summed E-state index contributed by atoms with van der Waals surface area (Å²) in [7, 11) is 0. The Balaban J connectivity index is 0.000000615. The predicted octanol–water partition coefficient (Wildman–Crippen LogP) is 6.22. The molecule has 1 fully saturated rings. The van der Waals surface area contributed by atoms with Crippen molar-refractivity contribution in [2.24, 2.45) is 0 Å². The minimum absolute atomic E-state index is 0.569. The van der Waals surface area contributed by atoms with Crippen LogP contribution in [-0.2, 0) is 0 Å². The van der Waals surface area contributed by atoms with Crippen LogP contribution in [0.4, 0.5) is 0 Å². The van der Waals surface area contributed by atoms with Crippen molar-refractivity contribution in [3.8, 4) is 0 Å². The van der Waals surface area contributed by atoms with Gasteiger partial charge in [-0.15, -0.1) is 0 Å². The fourth-order valence-electron chi connectivity index (χ4n) is 3.67. The van der Waals surface area contributed by atoms with Gasteiger partial charge in [-0.2, -0.15) is 0 Å². The molecule has 0 radical (unpaired) electrons. The molecule has 0 aromatic heterocycles. The molecule has 0 bridgehead atoms. The van der Waals surface area contributed by atoms with E-state index in [4.69, 9.17) is 0 Å². The van der Waals surface area contributed by atoms with E-state index in [9.17, 15) is 0 Å². The van der Waals surface area contributed by atoms with Crippen LogP contribution in [0.3, 0.4) is 0 Å². The normalized spacial score (nSPS) is 26.6. The lowest BCUT2D eigenvalue weighted by Crippen LogP contribution is -2.46. The first-order valence-corrected chi connectivity index (χ1v) is 9.43. The zero-order valence-electron chi connectivity index (χ0n) is 15.9. The van der Waals surface area contributed by atoms with Gasteiger partial charge in [-0.25, -0.2) is 0 Å². The van der Waals surface area contributed by atoms with Crippen molar-refractivity contribution < 1.29 is 0 Å². The van der Waals surface area contributed by atoms with Gasteiger partial charge in [-0.05, 0) is 49.3 Å². The summed E-state index contributed by atoms with van der Waals surface area (Å²) in [4.78, 5) is 2.67. The number of hydrogen-bond acceptors (Lipinski definition) is 1. The van der Waals surface area contributed by atoms with Gasteiger partial charge in [0.2, 0.25) is 0 Å². The summed E-state index contributed by atoms with van der Waals surface area (Å²) in [5.74, 6) is 0. The molecule has 0 aromatic rings. The second kappa shape index (κ2) is 10.4. The smallest absolute Gasteiger partial charge is 0.0394 e. The van der Waals surface area contributed by atoms with Gasteiger partial charge >= 0.3 is 0 Å². The number of rotatable bonds is 1. The Morgan fingerprint density at radius 2 is 1.91 bits per heavy atom. The minimum Gasteiger partial charge on any atom is -0.292 e. The Kier molecular flexibility index (Phi) is 8.94. The Morgan fingerprint density at radius 3 is 2.57 bits per heavy atom. The van der Waals surface area contributed by atoms with Crippen LogP contribution >= 0.6 is 0 Å². The first-order valence-electron chi connectivity index (χ1n) is 9.43. The summed E-state index contributed by atoms with van der Waals surface area (Å²) in [6.07, 6.45) is 16.0. The lowest BCUT2D eigenvalue weighted by molar-refractivity contribution is 0.209. The molecule has 0 N–H and O–H groups in total. The topological polar surface area (TPSA) is 3.24 Å². The molecule has 1 atom stereocenters. The number of hydrogen-bond donors (Lipinski definition) is 0. The molecule has 1 unspecified atom stereocenters. The SMILES string of the molecule is C=C/C=C1\C(=C/C)CCN2CC3=C(C=CCC3)CC12.CC.CC. The average molecular weight is 314 g/mol. The van der Waals surface area contributed by atoms with Gasteiger partial charge in [-0.1, -0.05) is 70.2 Å². The molecular formula is C22H35N. The highest BCUT2D eigenvalue weighted by molar-refractivity contribution is 5.45. The van der Waals surface area contributed by atoms with Crippen molar-refractivity contribution in [2.75, 3.05) is 13.1 Å². The number of piperidine rings is 1. The molecule has 1 aliphatic carbocycles. The van der Waals surface area contributed by atoms with E-state index in [1.165, 1.54) is 49.9 Å². The quantitative estimate of drug-likeness (QED) is 0.555. The lowest BCUT2D eigenvalue weighted by atomic mass is 9.80. The van der Waals surface area contributed by atoms with E-state index >= 15 is 0 Å². The number of allylic oxidation sites excluding steroid dienone is 5. The third-order valence-electron chi connectivity index (χ3n) is 4.68. The Bertz CT molecular complexity index is 502. The van der Waals surface area contributed by atoms with E-state index in [2.05, 4.69) is 42.7 Å². The van der Waals surface area contributed by atoms with Crippen molar-refractivity contribution in [3.05, 3.63) is 59.3 Å². The van der Waals surface area contributed by atoms with Gasteiger partial charge < -0.3 is 0 Å². The summed E-state index contributed by atoms with van der Waals surface area (Å²) < 4.78 is 0. The molecule has 0 saturated carbocycles. The molecule has 0 aromatic carbocycles. The molecule has 0 amide bonds. The van der Waals surface area contributed by atoms with E-state index in [1.54, 1.807) is 11.1 Å². The highest BCUT2D eigenvalue weighted by Gasteiger charge is 2.33. The summed E-state index contributed by atoms with van der Waals surface area (Å²) in [5, 5.41) is 0. The van der Waals surface area contributed by atoms with E-state index in [0.717, 1.165) is 0 Å². The van der Waals surface area contributed by atoms with Crippen LogP contribution in [0, 0.1) is 0 Å². The third kappa shape index (κ3) is 4.57. The van der Waals surface area contributed by atoms with Crippen LogP contribution in [0.1, 0.15) is 60.3 Å². The second-order valence-electron chi connectivity index (χ2n) is 5.68. The first-order chi connectivity index (χ1) is 11.3. The van der Waals surface area contributed by atoms with Crippen LogP contribution in [0.25, 0.3) is 0 Å². The molecule has 0 spiro atoms. The van der Waals surface area contributed by atoms with Crippen molar-refractivity contribution in [1.29, 1.82) is 0 Å². The highest BCUT2D eigenvalue weighted by Crippen LogP contribution is 2.38. The minimum atomic E-state index is 0.569. The maximum absolute atomic E-state index is 3.89. The molecule has 2 heterocycles. The van der Waals surface area contributed by atoms with Crippen molar-refractivity contribution in [3.63, 3.8) is 0 Å². The van der Waals surface area contributed by atoms with Gasteiger partial charge in [-0.3, -0.25) is 4.90 Å². The Labute approximate surface area is 144 Å². The zero-order chi connectivity index (χ0) is 17.2. The third-order valence-corrected chi connectivity index (χ3v) is 4.68. The Hall–Kier alpha value is -1.34. The lowest BCUT2D eigenvalue weighted by Gasteiger charge is -2.44. The number of nitrogens with zero attached hydrogens (tertiary/aromatic N) is 1. The fraction of sp³-hybridized carbons (Fsp3) is 0.545. The molecule has 2 aliphatic heterocycles.